The van der Waals surface area contributed by atoms with Gasteiger partial charge in [-0.15, -0.1) is 0 Å². The number of nitrogens with zero attached hydrogens (tertiary/aromatic N) is 3. The number of likely N-dealkylation sites (tertiary alicyclic amines) is 1. The highest BCUT2D eigenvalue weighted by atomic mass is 16.5. The Balaban J connectivity index is 1.36. The van der Waals surface area contributed by atoms with Crippen molar-refractivity contribution in [1.82, 2.24) is 14.3 Å². The van der Waals surface area contributed by atoms with Crippen LogP contribution in [0.2, 0.25) is 0 Å². The number of pyridine rings is 1. The number of benzene rings is 1. The summed E-state index contributed by atoms with van der Waals surface area (Å²) in [6.45, 7) is 6.56. The molecule has 4 heteroatoms. The van der Waals surface area contributed by atoms with E-state index in [0.29, 0.717) is 0 Å². The molecule has 0 aliphatic carbocycles. The molecule has 1 aliphatic heterocycles. The lowest BCUT2D eigenvalue weighted by molar-refractivity contribution is 0.204. The van der Waals surface area contributed by atoms with E-state index in [0.717, 1.165) is 47.8 Å². The highest BCUT2D eigenvalue weighted by molar-refractivity contribution is 5.64. The molecule has 1 aromatic carbocycles. The average molecular weight is 349 g/mol. The van der Waals surface area contributed by atoms with Gasteiger partial charge in [-0.1, -0.05) is 12.5 Å². The smallest absolute Gasteiger partial charge is 0.137 e. The van der Waals surface area contributed by atoms with E-state index in [-0.39, 0.29) is 0 Å². The SMILES string of the molecule is Cc1cc(-c2cn3ccccc3n2)ccc1OCCCN1CCCCC1. The molecule has 26 heavy (non-hydrogen) atoms. The molecule has 1 aliphatic rings. The minimum Gasteiger partial charge on any atom is -0.493 e. The molecule has 136 valence electrons. The van der Waals surface area contributed by atoms with E-state index >= 15 is 0 Å². The first-order valence-corrected chi connectivity index (χ1v) is 9.69. The molecule has 0 N–H and O–H groups in total. The van der Waals surface area contributed by atoms with Crippen LogP contribution in [0, 0.1) is 6.92 Å². The highest BCUT2D eigenvalue weighted by Gasteiger charge is 2.10. The zero-order valence-electron chi connectivity index (χ0n) is 15.5. The molecule has 0 bridgehead atoms. The van der Waals surface area contributed by atoms with Crippen molar-refractivity contribution in [2.75, 3.05) is 26.2 Å². The molecule has 3 aromatic rings. The Hall–Kier alpha value is -2.33. The topological polar surface area (TPSA) is 29.8 Å². The predicted molar refractivity (Wildman–Crippen MR) is 106 cm³/mol. The van der Waals surface area contributed by atoms with Crippen molar-refractivity contribution < 1.29 is 4.74 Å². The molecule has 0 atom stereocenters. The van der Waals surface area contributed by atoms with E-state index in [2.05, 4.69) is 40.6 Å². The van der Waals surface area contributed by atoms with Gasteiger partial charge in [0.05, 0.1) is 12.3 Å². The van der Waals surface area contributed by atoms with Crippen molar-refractivity contribution in [1.29, 1.82) is 0 Å². The fourth-order valence-electron chi connectivity index (χ4n) is 3.70. The Morgan fingerprint density at radius 2 is 1.96 bits per heavy atom. The summed E-state index contributed by atoms with van der Waals surface area (Å²) in [6, 6.07) is 12.4. The van der Waals surface area contributed by atoms with Gasteiger partial charge in [-0.25, -0.2) is 4.98 Å². The summed E-state index contributed by atoms with van der Waals surface area (Å²) in [4.78, 5) is 7.26. The van der Waals surface area contributed by atoms with Crippen LogP contribution in [0.5, 0.6) is 5.75 Å². The first kappa shape index (κ1) is 17.1. The molecule has 1 saturated heterocycles. The Labute approximate surface area is 155 Å². The van der Waals surface area contributed by atoms with E-state index in [1.165, 1.54) is 32.4 Å². The number of aryl methyl sites for hydroxylation is 1. The second-order valence-corrected chi connectivity index (χ2v) is 7.18. The lowest BCUT2D eigenvalue weighted by Crippen LogP contribution is -2.31. The number of ether oxygens (including phenoxy) is 1. The van der Waals surface area contributed by atoms with E-state index < -0.39 is 0 Å². The standard InChI is InChI=1S/C22H27N3O/c1-18-16-19(20-17-25-14-6-3-8-22(25)23-20)9-10-21(18)26-15-7-13-24-11-4-2-5-12-24/h3,6,8-10,14,16-17H,2,4-5,7,11-13,15H2,1H3. The van der Waals surface area contributed by atoms with Crippen LogP contribution in [-0.2, 0) is 0 Å². The zero-order valence-corrected chi connectivity index (χ0v) is 15.5. The van der Waals surface area contributed by atoms with Crippen molar-refractivity contribution in [3.05, 3.63) is 54.4 Å². The first-order valence-electron chi connectivity index (χ1n) is 9.69. The summed E-state index contributed by atoms with van der Waals surface area (Å²) in [5.74, 6) is 0.983. The summed E-state index contributed by atoms with van der Waals surface area (Å²) in [6.07, 6.45) is 9.29. The van der Waals surface area contributed by atoms with E-state index in [1.807, 2.05) is 24.4 Å². The Kier molecular flexibility index (Phi) is 5.21. The van der Waals surface area contributed by atoms with Gasteiger partial charge in [0.15, 0.2) is 0 Å². The third-order valence-electron chi connectivity index (χ3n) is 5.16. The van der Waals surface area contributed by atoms with Crippen molar-refractivity contribution in [2.45, 2.75) is 32.6 Å². The summed E-state index contributed by atoms with van der Waals surface area (Å²) in [5.41, 5.74) is 4.26. The summed E-state index contributed by atoms with van der Waals surface area (Å²) in [5, 5.41) is 0. The summed E-state index contributed by atoms with van der Waals surface area (Å²) >= 11 is 0. The van der Waals surface area contributed by atoms with E-state index in [1.54, 1.807) is 0 Å². The average Bonchev–Trinajstić information content (AvgIpc) is 3.11. The molecule has 0 unspecified atom stereocenters. The van der Waals surface area contributed by atoms with E-state index in [4.69, 9.17) is 9.72 Å². The lowest BCUT2D eigenvalue weighted by Gasteiger charge is -2.26. The number of fused-ring (bicyclic) bond motifs is 1. The minimum atomic E-state index is 0.783. The molecule has 1 fully saturated rings. The van der Waals surface area contributed by atoms with Crippen LogP contribution in [0.15, 0.2) is 48.8 Å². The largest absolute Gasteiger partial charge is 0.493 e. The van der Waals surface area contributed by atoms with Gasteiger partial charge in [0, 0.05) is 24.5 Å². The van der Waals surface area contributed by atoms with Crippen molar-refractivity contribution >= 4 is 5.65 Å². The molecule has 3 heterocycles. The van der Waals surface area contributed by atoms with Gasteiger partial charge in [0.25, 0.3) is 0 Å². The number of rotatable bonds is 6. The molecular formula is C22H27N3O. The normalized spacial score (nSPS) is 15.4. The number of hydrogen-bond donors (Lipinski definition) is 0. The monoisotopic (exact) mass is 349 g/mol. The predicted octanol–water partition coefficient (Wildman–Crippen LogP) is 4.56. The number of hydrogen-bond acceptors (Lipinski definition) is 3. The zero-order chi connectivity index (χ0) is 17.8. The van der Waals surface area contributed by atoms with Crippen molar-refractivity contribution in [3.8, 4) is 17.0 Å². The van der Waals surface area contributed by atoms with Crippen LogP contribution in [0.1, 0.15) is 31.2 Å². The number of aromatic nitrogens is 2. The molecule has 2 aromatic heterocycles. The number of imidazole rings is 1. The first-order chi connectivity index (χ1) is 12.8. The maximum absolute atomic E-state index is 6.03. The van der Waals surface area contributed by atoms with Crippen LogP contribution in [0.4, 0.5) is 0 Å². The lowest BCUT2D eigenvalue weighted by atomic mass is 10.1. The van der Waals surface area contributed by atoms with Crippen LogP contribution < -0.4 is 4.74 Å². The van der Waals surface area contributed by atoms with Crippen LogP contribution in [-0.4, -0.2) is 40.5 Å². The van der Waals surface area contributed by atoms with Gasteiger partial charge in [0.2, 0.25) is 0 Å². The molecule has 4 nitrogen and oxygen atoms in total. The molecular weight excluding hydrogens is 322 g/mol. The maximum Gasteiger partial charge on any atom is 0.137 e. The molecule has 0 saturated carbocycles. The molecule has 0 amide bonds. The Morgan fingerprint density at radius 3 is 2.77 bits per heavy atom. The van der Waals surface area contributed by atoms with Gasteiger partial charge in [0.1, 0.15) is 11.4 Å². The second kappa shape index (κ2) is 7.92. The van der Waals surface area contributed by atoms with E-state index in [9.17, 15) is 0 Å². The number of piperidine rings is 1. The minimum absolute atomic E-state index is 0.783. The van der Waals surface area contributed by atoms with Crippen molar-refractivity contribution in [3.63, 3.8) is 0 Å². The fourth-order valence-corrected chi connectivity index (χ4v) is 3.70. The molecule has 0 spiro atoms. The molecule has 4 rings (SSSR count). The molecule has 0 radical (unpaired) electrons. The van der Waals surface area contributed by atoms with Crippen LogP contribution >= 0.6 is 0 Å². The second-order valence-electron chi connectivity index (χ2n) is 7.18. The maximum atomic E-state index is 6.03. The van der Waals surface area contributed by atoms with Gasteiger partial charge in [-0.2, -0.15) is 0 Å². The quantitative estimate of drug-likeness (QED) is 0.611. The van der Waals surface area contributed by atoms with Gasteiger partial charge in [-0.3, -0.25) is 0 Å². The Morgan fingerprint density at radius 1 is 1.08 bits per heavy atom. The summed E-state index contributed by atoms with van der Waals surface area (Å²) in [7, 11) is 0. The van der Waals surface area contributed by atoms with Crippen LogP contribution in [0.3, 0.4) is 0 Å². The van der Waals surface area contributed by atoms with Crippen LogP contribution in [0.25, 0.3) is 16.9 Å². The van der Waals surface area contributed by atoms with Crippen molar-refractivity contribution in [2.24, 2.45) is 0 Å². The highest BCUT2D eigenvalue weighted by Crippen LogP contribution is 2.26. The Bertz CT molecular complexity index is 832. The fraction of sp³-hybridized carbons (Fsp3) is 0.409. The van der Waals surface area contributed by atoms with Gasteiger partial charge >= 0.3 is 0 Å². The third kappa shape index (κ3) is 3.91. The third-order valence-corrected chi connectivity index (χ3v) is 5.16. The van der Waals surface area contributed by atoms with Gasteiger partial charge < -0.3 is 14.0 Å². The van der Waals surface area contributed by atoms with Gasteiger partial charge in [-0.05, 0) is 75.2 Å². The summed E-state index contributed by atoms with van der Waals surface area (Å²) < 4.78 is 8.08.